The van der Waals surface area contributed by atoms with Gasteiger partial charge in [0.25, 0.3) is 5.91 Å². The first kappa shape index (κ1) is 22.3. The quantitative estimate of drug-likeness (QED) is 0.285. The van der Waals surface area contributed by atoms with Gasteiger partial charge in [0.05, 0.1) is 5.52 Å². The first-order valence-corrected chi connectivity index (χ1v) is 12.5. The van der Waals surface area contributed by atoms with Gasteiger partial charge in [-0.2, -0.15) is 5.10 Å². The number of nitrogens with two attached hydrogens (primary N) is 1. The number of carbonyl (C=O) groups excluding carboxylic acids is 1. The molecule has 0 atom stereocenters. The molecule has 4 heterocycles. The number of aromatic amines is 2. The fraction of sp³-hybridized carbons (Fsp3) is 0.250. The number of benzene rings is 2. The predicted octanol–water partition coefficient (Wildman–Crippen LogP) is 4.57. The normalized spacial score (nSPS) is 14.4. The van der Waals surface area contributed by atoms with Gasteiger partial charge in [-0.3, -0.25) is 9.89 Å². The Morgan fingerprint density at radius 2 is 1.89 bits per heavy atom. The van der Waals surface area contributed by atoms with Crippen LogP contribution < -0.4 is 11.1 Å². The SMILES string of the molecule is Nc1n[nH]c2ccc(-c3ccnc4[nH]c(-c5cccc(C(=O)NCCN6CCCCC6)c5)cc34)cc12. The van der Waals surface area contributed by atoms with Gasteiger partial charge in [0.2, 0.25) is 0 Å². The van der Waals surface area contributed by atoms with Crippen LogP contribution in [0.15, 0.2) is 60.8 Å². The van der Waals surface area contributed by atoms with Gasteiger partial charge in [-0.15, -0.1) is 0 Å². The molecule has 8 heteroatoms. The first-order valence-electron chi connectivity index (χ1n) is 12.5. The summed E-state index contributed by atoms with van der Waals surface area (Å²) in [6.45, 7) is 3.82. The number of hydrogen-bond acceptors (Lipinski definition) is 5. The Labute approximate surface area is 208 Å². The molecule has 5 N–H and O–H groups in total. The minimum Gasteiger partial charge on any atom is -0.382 e. The molecule has 0 aliphatic carbocycles. The first-order chi connectivity index (χ1) is 17.7. The second-order valence-corrected chi connectivity index (χ2v) is 9.41. The molecule has 1 aliphatic rings. The number of H-pyrrole nitrogens is 2. The van der Waals surface area contributed by atoms with Gasteiger partial charge < -0.3 is 20.9 Å². The van der Waals surface area contributed by atoms with Crippen molar-refractivity contribution >= 4 is 33.7 Å². The number of carbonyl (C=O) groups is 1. The summed E-state index contributed by atoms with van der Waals surface area (Å²) >= 11 is 0. The molecule has 5 aromatic rings. The zero-order valence-electron chi connectivity index (χ0n) is 20.1. The van der Waals surface area contributed by atoms with Crippen LogP contribution in [0.4, 0.5) is 5.82 Å². The maximum Gasteiger partial charge on any atom is 0.251 e. The molecule has 1 fully saturated rings. The van der Waals surface area contributed by atoms with Gasteiger partial charge in [0, 0.05) is 41.3 Å². The van der Waals surface area contributed by atoms with Crippen molar-refractivity contribution < 1.29 is 4.79 Å². The molecule has 8 nitrogen and oxygen atoms in total. The summed E-state index contributed by atoms with van der Waals surface area (Å²) in [5.41, 5.74) is 12.3. The summed E-state index contributed by atoms with van der Waals surface area (Å²) in [4.78, 5) is 23.2. The van der Waals surface area contributed by atoms with Crippen LogP contribution in [0.25, 0.3) is 44.3 Å². The number of piperidine rings is 1. The highest BCUT2D eigenvalue weighted by Gasteiger charge is 2.14. The lowest BCUT2D eigenvalue weighted by Crippen LogP contribution is -2.37. The highest BCUT2D eigenvalue weighted by Crippen LogP contribution is 2.33. The van der Waals surface area contributed by atoms with Crippen LogP contribution in [0.1, 0.15) is 29.6 Å². The topological polar surface area (TPSA) is 116 Å². The Balaban J connectivity index is 1.25. The van der Waals surface area contributed by atoms with Crippen molar-refractivity contribution in [1.29, 1.82) is 0 Å². The molecule has 1 aliphatic heterocycles. The molecule has 3 aromatic heterocycles. The van der Waals surface area contributed by atoms with E-state index < -0.39 is 0 Å². The van der Waals surface area contributed by atoms with E-state index in [1.807, 2.05) is 42.5 Å². The minimum atomic E-state index is -0.0465. The van der Waals surface area contributed by atoms with Gasteiger partial charge >= 0.3 is 0 Å². The van der Waals surface area contributed by atoms with Crippen LogP contribution >= 0.6 is 0 Å². The lowest BCUT2D eigenvalue weighted by molar-refractivity contribution is 0.0946. The highest BCUT2D eigenvalue weighted by molar-refractivity contribution is 6.00. The lowest BCUT2D eigenvalue weighted by Gasteiger charge is -2.26. The zero-order valence-corrected chi connectivity index (χ0v) is 20.1. The van der Waals surface area contributed by atoms with Gasteiger partial charge in [-0.05, 0) is 79.0 Å². The fourth-order valence-electron chi connectivity index (χ4n) is 5.08. The average Bonchev–Trinajstić information content (AvgIpc) is 3.53. The molecule has 0 bridgehead atoms. The molecule has 6 rings (SSSR count). The molecule has 0 spiro atoms. The van der Waals surface area contributed by atoms with E-state index in [-0.39, 0.29) is 5.91 Å². The summed E-state index contributed by atoms with van der Waals surface area (Å²) in [5.74, 6) is 0.438. The number of pyridine rings is 1. The Hall–Kier alpha value is -4.17. The van der Waals surface area contributed by atoms with E-state index >= 15 is 0 Å². The van der Waals surface area contributed by atoms with E-state index in [0.717, 1.165) is 64.0 Å². The van der Waals surface area contributed by atoms with Gasteiger partial charge in [-0.25, -0.2) is 4.98 Å². The Kier molecular flexibility index (Phi) is 5.87. The van der Waals surface area contributed by atoms with Crippen LogP contribution in [-0.2, 0) is 0 Å². The number of likely N-dealkylation sites (tertiary alicyclic amines) is 1. The molecule has 36 heavy (non-hydrogen) atoms. The molecule has 182 valence electrons. The molecular weight excluding hydrogens is 450 g/mol. The number of nitrogens with one attached hydrogen (secondary N) is 3. The number of amides is 1. The third kappa shape index (κ3) is 4.31. The van der Waals surface area contributed by atoms with E-state index in [1.165, 1.54) is 19.3 Å². The third-order valence-corrected chi connectivity index (χ3v) is 7.03. The Bertz CT molecular complexity index is 1540. The smallest absolute Gasteiger partial charge is 0.251 e. The number of anilines is 1. The van der Waals surface area contributed by atoms with Crippen molar-refractivity contribution in [3.63, 3.8) is 0 Å². The zero-order chi connectivity index (χ0) is 24.5. The molecule has 2 aromatic carbocycles. The largest absolute Gasteiger partial charge is 0.382 e. The summed E-state index contributed by atoms with van der Waals surface area (Å²) < 4.78 is 0. The molecule has 0 saturated carbocycles. The maximum atomic E-state index is 12.8. The molecule has 1 saturated heterocycles. The Morgan fingerprint density at radius 3 is 2.78 bits per heavy atom. The van der Waals surface area contributed by atoms with Crippen LogP contribution in [0, 0.1) is 0 Å². The fourth-order valence-corrected chi connectivity index (χ4v) is 5.08. The molecule has 0 radical (unpaired) electrons. The number of nitrogens with zero attached hydrogens (tertiary/aromatic N) is 3. The average molecular weight is 480 g/mol. The second-order valence-electron chi connectivity index (χ2n) is 9.41. The number of rotatable bonds is 6. The van der Waals surface area contributed by atoms with Gasteiger partial charge in [0.15, 0.2) is 5.82 Å². The standard InChI is InChI=1S/C28H29N7O/c29-26-23-16-18(7-8-24(23)33-34-26)21-9-10-30-27-22(21)17-25(32-27)19-5-4-6-20(15-19)28(36)31-11-14-35-12-2-1-3-13-35/h4-10,15-17H,1-3,11-14H2,(H,30,32)(H,31,36)(H3,29,33,34). The van der Waals surface area contributed by atoms with Crippen molar-refractivity contribution in [2.75, 3.05) is 31.9 Å². The van der Waals surface area contributed by atoms with Crippen molar-refractivity contribution in [1.82, 2.24) is 30.4 Å². The second kappa shape index (κ2) is 9.47. The maximum absolute atomic E-state index is 12.8. The minimum absolute atomic E-state index is 0.0465. The molecular formula is C28H29N7O. The van der Waals surface area contributed by atoms with E-state index in [1.54, 1.807) is 6.20 Å². The number of fused-ring (bicyclic) bond motifs is 2. The van der Waals surface area contributed by atoms with Crippen LogP contribution in [0.5, 0.6) is 0 Å². The van der Waals surface area contributed by atoms with Gasteiger partial charge in [0.1, 0.15) is 5.65 Å². The van der Waals surface area contributed by atoms with Crippen molar-refractivity contribution in [2.24, 2.45) is 0 Å². The van der Waals surface area contributed by atoms with E-state index in [2.05, 4.69) is 42.5 Å². The lowest BCUT2D eigenvalue weighted by atomic mass is 10.0. The van der Waals surface area contributed by atoms with Crippen LogP contribution in [-0.4, -0.2) is 57.2 Å². The van der Waals surface area contributed by atoms with Crippen molar-refractivity contribution in [3.05, 3.63) is 66.4 Å². The summed E-state index contributed by atoms with van der Waals surface area (Å²) in [6, 6.07) is 17.9. The number of hydrogen-bond donors (Lipinski definition) is 4. The molecule has 1 amide bonds. The number of nitrogen functional groups attached to an aromatic ring is 1. The van der Waals surface area contributed by atoms with Crippen LogP contribution in [0.2, 0.25) is 0 Å². The van der Waals surface area contributed by atoms with Crippen LogP contribution in [0.3, 0.4) is 0 Å². The highest BCUT2D eigenvalue weighted by atomic mass is 16.1. The van der Waals surface area contributed by atoms with Gasteiger partial charge in [-0.1, -0.05) is 24.6 Å². The monoisotopic (exact) mass is 479 g/mol. The van der Waals surface area contributed by atoms with E-state index in [9.17, 15) is 4.79 Å². The molecule has 0 unspecified atom stereocenters. The summed E-state index contributed by atoms with van der Waals surface area (Å²) in [6.07, 6.45) is 5.62. The van der Waals surface area contributed by atoms with E-state index in [4.69, 9.17) is 5.73 Å². The predicted molar refractivity (Wildman–Crippen MR) is 144 cm³/mol. The summed E-state index contributed by atoms with van der Waals surface area (Å²) in [7, 11) is 0. The number of aromatic nitrogens is 4. The third-order valence-electron chi connectivity index (χ3n) is 7.03. The van der Waals surface area contributed by atoms with Crippen molar-refractivity contribution in [2.45, 2.75) is 19.3 Å². The van der Waals surface area contributed by atoms with Crippen molar-refractivity contribution in [3.8, 4) is 22.4 Å². The Morgan fingerprint density at radius 1 is 1.00 bits per heavy atom. The summed E-state index contributed by atoms with van der Waals surface area (Å²) in [5, 5.41) is 12.0. The van der Waals surface area contributed by atoms with E-state index in [0.29, 0.717) is 17.9 Å².